The predicted molar refractivity (Wildman–Crippen MR) is 293 cm³/mol. The normalized spacial score (nSPS) is 14.3. The first-order chi connectivity index (χ1) is 38.3. The van der Waals surface area contributed by atoms with E-state index in [9.17, 15) is 5.48 Å². The van der Waals surface area contributed by atoms with Gasteiger partial charge in [-0.05, 0) is 87.8 Å². The van der Waals surface area contributed by atoms with Crippen LogP contribution >= 0.6 is 0 Å². The number of hydrogen-bond donors (Lipinski definition) is 0. The lowest BCUT2D eigenvalue weighted by Gasteiger charge is -2.29. The molecule has 350 valence electrons. The maximum atomic E-state index is 9.17. The summed E-state index contributed by atoms with van der Waals surface area (Å²) in [6, 6.07) is 36.0. The number of nitrogens with zero attached hydrogens (tertiary/aromatic N) is 7. The summed E-state index contributed by atoms with van der Waals surface area (Å²) in [6.07, 6.45) is 5.42. The molecule has 4 aromatic heterocycles. The minimum atomic E-state index is -0.572. The first-order valence-corrected chi connectivity index (χ1v) is 23.8. The molecule has 7 nitrogen and oxygen atoms in total. The van der Waals surface area contributed by atoms with E-state index < -0.39 is 60.4 Å². The van der Waals surface area contributed by atoms with Crippen molar-refractivity contribution in [2.75, 3.05) is 4.90 Å². The highest BCUT2D eigenvalue weighted by molar-refractivity contribution is 6.10. The molecule has 7 heteroatoms. The summed E-state index contributed by atoms with van der Waals surface area (Å²) in [4.78, 5) is 17.8. The topological polar surface area (TPSA) is 55.6 Å². The number of aromatic nitrogens is 6. The Labute approximate surface area is 431 Å². The molecule has 7 aromatic carbocycles. The zero-order valence-electron chi connectivity index (χ0n) is 51.3. The summed E-state index contributed by atoms with van der Waals surface area (Å²) in [5, 5.41) is 2.11. The van der Waals surface area contributed by atoms with Gasteiger partial charge in [0.2, 0.25) is 5.95 Å². The second-order valence-corrected chi connectivity index (χ2v) is 21.0. The maximum absolute atomic E-state index is 9.17. The maximum Gasteiger partial charge on any atom is 0.269 e. The smallest absolute Gasteiger partial charge is 0.269 e. The molecule has 0 aliphatic rings. The number of imidazole rings is 1. The monoisotopic (exact) mass is 936 g/mol. The van der Waals surface area contributed by atoms with E-state index in [2.05, 4.69) is 127 Å². The quantitative estimate of drug-likeness (QED) is 0.113. The summed E-state index contributed by atoms with van der Waals surface area (Å²) >= 11 is 0. The average Bonchev–Trinajstić information content (AvgIpc) is 4.25. The Morgan fingerprint density at radius 2 is 1.13 bits per heavy atom. The number of benzene rings is 7. The van der Waals surface area contributed by atoms with E-state index in [1.54, 1.807) is 22.8 Å². The third-order valence-electron chi connectivity index (χ3n) is 12.9. The molecule has 0 amide bonds. The minimum Gasteiger partial charge on any atom is -0.294 e. The Hall–Kier alpha value is -8.16. The summed E-state index contributed by atoms with van der Waals surface area (Å²) in [5.41, 5.74) is 7.43. The van der Waals surface area contributed by atoms with E-state index in [1.807, 2.05) is 71.4 Å². The Kier molecular flexibility index (Phi) is 8.56. The number of fused-ring (bicyclic) bond motifs is 4. The van der Waals surface area contributed by atoms with Crippen LogP contribution in [0.2, 0.25) is 0 Å². The largest absolute Gasteiger partial charge is 0.294 e. The van der Waals surface area contributed by atoms with Crippen molar-refractivity contribution < 1.29 is 18.3 Å². The summed E-state index contributed by atoms with van der Waals surface area (Å²) in [7, 11) is 0. The molecule has 11 rings (SSSR count). The molecule has 0 saturated heterocycles. The fourth-order valence-electron chi connectivity index (χ4n) is 9.18. The van der Waals surface area contributed by atoms with Gasteiger partial charge in [0.1, 0.15) is 5.82 Å². The van der Waals surface area contributed by atoms with Crippen LogP contribution in [0.15, 0.2) is 194 Å². The molecule has 0 radical (unpaired) electrons. The molecule has 0 aliphatic carbocycles. The van der Waals surface area contributed by atoms with Crippen molar-refractivity contribution in [2.45, 2.75) is 78.6 Å². The van der Waals surface area contributed by atoms with Gasteiger partial charge in [0, 0.05) is 33.5 Å². The fraction of sp³-hybridized carbons (Fsp3) is 0.188. The first-order valence-electron chi connectivity index (χ1n) is 28.8. The van der Waals surface area contributed by atoms with Crippen LogP contribution in [0.25, 0.3) is 72.3 Å². The molecular weight excluding hydrogens is 867 g/mol. The molecular formula is C64H59N7. The molecule has 0 aliphatic heterocycles. The van der Waals surface area contributed by atoms with Crippen LogP contribution in [0.1, 0.15) is 93.0 Å². The van der Waals surface area contributed by atoms with Crippen LogP contribution in [-0.2, 0) is 16.2 Å². The summed E-state index contributed by atoms with van der Waals surface area (Å²) < 4.78 is 94.2. The van der Waals surface area contributed by atoms with Gasteiger partial charge in [-0.2, -0.15) is 0 Å². The van der Waals surface area contributed by atoms with Crippen LogP contribution < -0.4 is 9.47 Å². The lowest BCUT2D eigenvalue weighted by Crippen LogP contribution is -2.31. The van der Waals surface area contributed by atoms with E-state index in [0.29, 0.717) is 28.4 Å². The highest BCUT2D eigenvalue weighted by atomic mass is 15.3. The summed E-state index contributed by atoms with van der Waals surface area (Å²) in [6.45, 7) is 19.4. The molecule has 0 saturated carbocycles. The Bertz CT molecular complexity index is 4210. The van der Waals surface area contributed by atoms with Crippen LogP contribution in [0.3, 0.4) is 0 Å². The Morgan fingerprint density at radius 3 is 1.77 bits per heavy atom. The van der Waals surface area contributed by atoms with Gasteiger partial charge >= 0.3 is 0 Å². The van der Waals surface area contributed by atoms with Crippen LogP contribution in [0.5, 0.6) is 0 Å². The van der Waals surface area contributed by atoms with Crippen LogP contribution in [-0.4, -0.2) is 24.1 Å². The highest BCUT2D eigenvalue weighted by Gasteiger charge is 2.28. The lowest BCUT2D eigenvalue weighted by molar-refractivity contribution is -0.571. The van der Waals surface area contributed by atoms with E-state index in [-0.39, 0.29) is 44.2 Å². The van der Waals surface area contributed by atoms with Gasteiger partial charge in [-0.25, -0.2) is 15.0 Å². The number of anilines is 3. The van der Waals surface area contributed by atoms with Crippen molar-refractivity contribution in [3.63, 3.8) is 0 Å². The molecule has 0 unspecified atom stereocenters. The van der Waals surface area contributed by atoms with Crippen LogP contribution in [0, 0.1) is 6.33 Å². The molecule has 0 fully saturated rings. The van der Waals surface area contributed by atoms with Crippen molar-refractivity contribution in [3.8, 4) is 39.4 Å². The molecule has 0 bridgehead atoms. The third-order valence-corrected chi connectivity index (χ3v) is 12.9. The number of para-hydroxylation sites is 4. The number of rotatable bonds is 8. The van der Waals surface area contributed by atoms with Gasteiger partial charge in [0.05, 0.1) is 64.2 Å². The number of hydrogen-bond acceptors (Lipinski definition) is 4. The highest BCUT2D eigenvalue weighted by Crippen LogP contribution is 2.41. The zero-order valence-corrected chi connectivity index (χ0v) is 41.3. The molecule has 71 heavy (non-hydrogen) atoms. The minimum absolute atomic E-state index is 0.133. The second-order valence-electron chi connectivity index (χ2n) is 21.0. The van der Waals surface area contributed by atoms with Gasteiger partial charge in [0.25, 0.3) is 6.33 Å². The van der Waals surface area contributed by atoms with Crippen molar-refractivity contribution in [2.24, 2.45) is 0 Å². The standard InChI is InChI=1S/C64H59N7/c1-62(2,3)45-36-37-65-59(38-45)71-53-31-17-16-28-51(53)52-35-34-48(40-56(52)71)70(61-66-57(63(4,5)6)41-58(67-61)64(7,8)9)47-27-20-26-46(39-47)68-42-69(55-33-19-18-32-54(55)68)60-49(43-22-12-10-13-23-43)29-21-30-50(60)44-24-14-11-15-25-44/h10-41H,1-9H3/i10D,11D,12D,13D,14D,15D,22D,23D,24D,25D. The molecule has 11 aromatic rings. The number of pyridine rings is 1. The van der Waals surface area contributed by atoms with E-state index in [0.717, 1.165) is 50.3 Å². The molecule has 0 atom stereocenters. The van der Waals surface area contributed by atoms with E-state index >= 15 is 0 Å². The average molecular weight is 936 g/mol. The van der Waals surface area contributed by atoms with Gasteiger partial charge in [-0.3, -0.25) is 18.6 Å². The second kappa shape index (κ2) is 17.4. The summed E-state index contributed by atoms with van der Waals surface area (Å²) in [5.74, 6) is 1.23. The Morgan fingerprint density at radius 1 is 0.535 bits per heavy atom. The molecule has 4 heterocycles. The third kappa shape index (κ3) is 8.35. The predicted octanol–water partition coefficient (Wildman–Crippen LogP) is 15.7. The Balaban J connectivity index is 1.19. The van der Waals surface area contributed by atoms with E-state index in [4.69, 9.17) is 23.2 Å². The molecule has 0 spiro atoms. The van der Waals surface area contributed by atoms with Gasteiger partial charge in [0.15, 0.2) is 0 Å². The van der Waals surface area contributed by atoms with Crippen molar-refractivity contribution >= 4 is 50.2 Å². The van der Waals surface area contributed by atoms with Crippen molar-refractivity contribution in [1.82, 2.24) is 24.1 Å². The molecule has 0 N–H and O–H groups in total. The van der Waals surface area contributed by atoms with E-state index in [1.165, 1.54) is 0 Å². The fourth-order valence-corrected chi connectivity index (χ4v) is 9.18. The van der Waals surface area contributed by atoms with Gasteiger partial charge in [-0.1, -0.05) is 196 Å². The lowest BCUT2D eigenvalue weighted by atomic mass is 9.86. The SMILES string of the molecule is [2H]c1c([2H])c([2H])c(-c2cccc(-c3c([2H])c([2H])c([2H])c([2H])c3[2H])c2-[n+]2[c-]n(-c3cccc(N(c4ccc5c6ccccc6n(-c6cc(C(C)(C)C)ccn6)c5c4)c4nc(C(C)(C)C)cc(C(C)(C)C)n4)c3)c3ccccc32)c([2H])c1[2H]. The van der Waals surface area contributed by atoms with Crippen molar-refractivity contribution in [3.05, 3.63) is 217 Å². The zero-order chi connectivity index (χ0) is 57.9. The van der Waals surface area contributed by atoms with Crippen LogP contribution in [0.4, 0.5) is 17.3 Å². The van der Waals surface area contributed by atoms with Gasteiger partial charge in [-0.15, -0.1) is 0 Å². The van der Waals surface area contributed by atoms with Crippen molar-refractivity contribution in [1.29, 1.82) is 0 Å². The first kappa shape index (κ1) is 35.0. The van der Waals surface area contributed by atoms with Gasteiger partial charge < -0.3 is 0 Å².